The normalized spacial score (nSPS) is 11.8. The van der Waals surface area contributed by atoms with Gasteiger partial charge in [-0.1, -0.05) is 30.3 Å². The predicted octanol–water partition coefficient (Wildman–Crippen LogP) is 5.66. The fourth-order valence-electron chi connectivity index (χ4n) is 2.25. The summed E-state index contributed by atoms with van der Waals surface area (Å²) in [4.78, 5) is 0. The largest absolute Gasteiger partial charge is 0.416 e. The van der Waals surface area contributed by atoms with E-state index in [-0.39, 0.29) is 5.82 Å². The van der Waals surface area contributed by atoms with Crippen molar-refractivity contribution < 1.29 is 17.6 Å². The number of halogens is 4. The molecule has 0 aliphatic rings. The van der Waals surface area contributed by atoms with Gasteiger partial charge in [0.15, 0.2) is 0 Å². The Morgan fingerprint density at radius 3 is 1.86 bits per heavy atom. The van der Waals surface area contributed by atoms with Crippen LogP contribution in [0.1, 0.15) is 5.56 Å². The van der Waals surface area contributed by atoms with Crippen LogP contribution >= 0.6 is 0 Å². The monoisotopic (exact) mass is 290 g/mol. The average Bonchev–Trinajstić information content (AvgIpc) is 2.46. The van der Waals surface area contributed by atoms with E-state index < -0.39 is 11.7 Å². The minimum atomic E-state index is -4.33. The van der Waals surface area contributed by atoms with Crippen LogP contribution in [0.2, 0.25) is 0 Å². The molecule has 3 aromatic rings. The maximum atomic E-state index is 13.1. The molecular formula is C17H10F4. The van der Waals surface area contributed by atoms with E-state index in [2.05, 4.69) is 0 Å². The molecule has 0 N–H and O–H groups in total. The molecule has 0 unspecified atom stereocenters. The summed E-state index contributed by atoms with van der Waals surface area (Å²) >= 11 is 0. The molecule has 0 spiro atoms. The second-order valence-corrected chi connectivity index (χ2v) is 4.78. The maximum absolute atomic E-state index is 13.1. The van der Waals surface area contributed by atoms with Crippen LogP contribution in [0.15, 0.2) is 60.7 Å². The summed E-state index contributed by atoms with van der Waals surface area (Å²) < 4.78 is 50.7. The van der Waals surface area contributed by atoms with E-state index in [1.54, 1.807) is 18.2 Å². The molecule has 4 heteroatoms. The molecule has 0 amide bonds. The van der Waals surface area contributed by atoms with E-state index in [1.807, 2.05) is 6.07 Å². The molecule has 0 saturated carbocycles. The predicted molar refractivity (Wildman–Crippen MR) is 74.3 cm³/mol. The Morgan fingerprint density at radius 1 is 0.619 bits per heavy atom. The van der Waals surface area contributed by atoms with Crippen molar-refractivity contribution in [2.75, 3.05) is 0 Å². The van der Waals surface area contributed by atoms with Gasteiger partial charge in [-0.05, 0) is 52.2 Å². The highest BCUT2D eigenvalue weighted by atomic mass is 19.4. The molecule has 0 saturated heterocycles. The summed E-state index contributed by atoms with van der Waals surface area (Å²) in [6, 6.07) is 14.8. The lowest BCUT2D eigenvalue weighted by atomic mass is 10.00. The van der Waals surface area contributed by atoms with Gasteiger partial charge in [0.05, 0.1) is 5.56 Å². The molecule has 0 heterocycles. The molecule has 3 rings (SSSR count). The Balaban J connectivity index is 2.02. The minimum absolute atomic E-state index is 0.315. The quantitative estimate of drug-likeness (QED) is 0.507. The zero-order chi connectivity index (χ0) is 15.0. The highest BCUT2D eigenvalue weighted by molar-refractivity contribution is 5.87. The highest BCUT2D eigenvalue weighted by Gasteiger charge is 2.29. The lowest BCUT2D eigenvalue weighted by Gasteiger charge is -2.08. The van der Waals surface area contributed by atoms with Gasteiger partial charge in [0.2, 0.25) is 0 Å². The third-order valence-electron chi connectivity index (χ3n) is 3.35. The van der Waals surface area contributed by atoms with Crippen LogP contribution < -0.4 is 0 Å². The van der Waals surface area contributed by atoms with E-state index >= 15 is 0 Å². The Bertz CT molecular complexity index is 786. The summed E-state index contributed by atoms with van der Waals surface area (Å²) in [6.45, 7) is 0. The molecule has 0 aliphatic heterocycles. The number of benzene rings is 3. The fourth-order valence-corrected chi connectivity index (χ4v) is 2.25. The number of rotatable bonds is 1. The van der Waals surface area contributed by atoms with Crippen LogP contribution in [0.25, 0.3) is 21.9 Å². The zero-order valence-corrected chi connectivity index (χ0v) is 10.8. The molecule has 21 heavy (non-hydrogen) atoms. The Labute approximate surface area is 118 Å². The topological polar surface area (TPSA) is 0 Å². The van der Waals surface area contributed by atoms with Gasteiger partial charge in [0.1, 0.15) is 5.82 Å². The van der Waals surface area contributed by atoms with Crippen molar-refractivity contribution >= 4 is 10.8 Å². The van der Waals surface area contributed by atoms with Crippen LogP contribution in [-0.4, -0.2) is 0 Å². The third-order valence-corrected chi connectivity index (χ3v) is 3.35. The molecule has 3 aromatic carbocycles. The molecular weight excluding hydrogens is 280 g/mol. The smallest absolute Gasteiger partial charge is 0.207 e. The first-order chi connectivity index (χ1) is 9.93. The zero-order valence-electron chi connectivity index (χ0n) is 10.8. The van der Waals surface area contributed by atoms with E-state index in [0.717, 1.165) is 28.5 Å². The first kappa shape index (κ1) is 13.6. The minimum Gasteiger partial charge on any atom is -0.207 e. The van der Waals surface area contributed by atoms with Gasteiger partial charge in [-0.2, -0.15) is 13.2 Å². The van der Waals surface area contributed by atoms with Crippen molar-refractivity contribution in [3.8, 4) is 11.1 Å². The van der Waals surface area contributed by atoms with E-state index in [9.17, 15) is 17.6 Å². The number of alkyl halides is 3. The second-order valence-electron chi connectivity index (χ2n) is 4.78. The molecule has 0 aliphatic carbocycles. The van der Waals surface area contributed by atoms with Crippen LogP contribution in [-0.2, 0) is 6.18 Å². The van der Waals surface area contributed by atoms with Crippen LogP contribution in [0.3, 0.4) is 0 Å². The molecule has 0 fully saturated rings. The van der Waals surface area contributed by atoms with Gasteiger partial charge in [0.25, 0.3) is 0 Å². The van der Waals surface area contributed by atoms with Crippen molar-refractivity contribution in [2.24, 2.45) is 0 Å². The van der Waals surface area contributed by atoms with Gasteiger partial charge in [-0.15, -0.1) is 0 Å². The molecule has 0 bridgehead atoms. The molecule has 0 nitrogen and oxygen atoms in total. The van der Waals surface area contributed by atoms with Gasteiger partial charge < -0.3 is 0 Å². The fraction of sp³-hybridized carbons (Fsp3) is 0.0588. The molecule has 0 radical (unpaired) electrons. The molecule has 0 atom stereocenters. The molecule has 106 valence electrons. The number of hydrogen-bond acceptors (Lipinski definition) is 0. The summed E-state index contributed by atoms with van der Waals surface area (Å²) in [6.07, 6.45) is -4.33. The van der Waals surface area contributed by atoms with Crippen LogP contribution in [0.5, 0.6) is 0 Å². The van der Waals surface area contributed by atoms with Crippen molar-refractivity contribution in [1.82, 2.24) is 0 Å². The lowest BCUT2D eigenvalue weighted by molar-refractivity contribution is -0.137. The Kier molecular flexibility index (Phi) is 3.16. The van der Waals surface area contributed by atoms with E-state index in [1.165, 1.54) is 24.3 Å². The summed E-state index contributed by atoms with van der Waals surface area (Å²) in [5.41, 5.74) is 0.811. The first-order valence-electron chi connectivity index (χ1n) is 6.30. The van der Waals surface area contributed by atoms with Gasteiger partial charge >= 0.3 is 6.18 Å². The highest BCUT2D eigenvalue weighted by Crippen LogP contribution is 2.31. The van der Waals surface area contributed by atoms with Crippen molar-refractivity contribution in [3.63, 3.8) is 0 Å². The van der Waals surface area contributed by atoms with Crippen LogP contribution in [0, 0.1) is 5.82 Å². The Morgan fingerprint density at radius 2 is 1.19 bits per heavy atom. The summed E-state index contributed by atoms with van der Waals surface area (Å²) in [5.74, 6) is -0.315. The maximum Gasteiger partial charge on any atom is 0.416 e. The van der Waals surface area contributed by atoms with Crippen LogP contribution in [0.4, 0.5) is 17.6 Å². The Hall–Kier alpha value is -2.36. The number of fused-ring (bicyclic) bond motifs is 1. The van der Waals surface area contributed by atoms with Gasteiger partial charge in [-0.25, -0.2) is 4.39 Å². The third kappa shape index (κ3) is 2.75. The van der Waals surface area contributed by atoms with E-state index in [4.69, 9.17) is 0 Å². The SMILES string of the molecule is Fc1ccc2cc(-c3ccc(C(F)(F)F)cc3)ccc2c1. The van der Waals surface area contributed by atoms with E-state index in [0.29, 0.717) is 5.56 Å². The standard InChI is InChI=1S/C17H10F4/c18-16-8-5-13-9-12(1-2-14(13)10-16)11-3-6-15(7-4-11)17(19,20)21/h1-10H. The first-order valence-corrected chi connectivity index (χ1v) is 6.30. The average molecular weight is 290 g/mol. The summed E-state index contributed by atoms with van der Waals surface area (Å²) in [7, 11) is 0. The van der Waals surface area contributed by atoms with Crippen molar-refractivity contribution in [2.45, 2.75) is 6.18 Å². The molecule has 0 aromatic heterocycles. The lowest BCUT2D eigenvalue weighted by Crippen LogP contribution is -2.03. The summed E-state index contributed by atoms with van der Waals surface area (Å²) in [5, 5.41) is 1.60. The second kappa shape index (κ2) is 4.88. The van der Waals surface area contributed by atoms with Crippen molar-refractivity contribution in [1.29, 1.82) is 0 Å². The van der Waals surface area contributed by atoms with Gasteiger partial charge in [-0.3, -0.25) is 0 Å². The van der Waals surface area contributed by atoms with Gasteiger partial charge in [0, 0.05) is 0 Å². The number of hydrogen-bond donors (Lipinski definition) is 0. The van der Waals surface area contributed by atoms with Crippen molar-refractivity contribution in [3.05, 3.63) is 72.0 Å².